The SMILES string of the molecule is CCCCCCC(C(=O)O)(C(C)S)C(CC)C(=O)O. The molecule has 0 radical (unpaired) electrons. The maximum atomic E-state index is 11.7. The highest BCUT2D eigenvalue weighted by atomic mass is 32.1. The van der Waals surface area contributed by atoms with E-state index in [9.17, 15) is 19.8 Å². The van der Waals surface area contributed by atoms with Crippen LogP contribution in [0.5, 0.6) is 0 Å². The molecule has 3 atom stereocenters. The van der Waals surface area contributed by atoms with Gasteiger partial charge in [0.15, 0.2) is 0 Å². The molecule has 0 aliphatic heterocycles. The van der Waals surface area contributed by atoms with Crippen LogP contribution >= 0.6 is 12.6 Å². The maximum Gasteiger partial charge on any atom is 0.311 e. The summed E-state index contributed by atoms with van der Waals surface area (Å²) in [5.41, 5.74) is -1.28. The summed E-state index contributed by atoms with van der Waals surface area (Å²) in [5.74, 6) is -2.97. The molecule has 0 aliphatic carbocycles. The van der Waals surface area contributed by atoms with Crippen LogP contribution in [-0.4, -0.2) is 27.4 Å². The summed E-state index contributed by atoms with van der Waals surface area (Å²) in [6.07, 6.45) is 4.45. The Hall–Kier alpha value is -0.710. The highest BCUT2D eigenvalue weighted by molar-refractivity contribution is 7.81. The highest BCUT2D eigenvalue weighted by Crippen LogP contribution is 2.42. The van der Waals surface area contributed by atoms with E-state index < -0.39 is 28.5 Å². The molecule has 0 amide bonds. The highest BCUT2D eigenvalue weighted by Gasteiger charge is 2.51. The third-order valence-electron chi connectivity index (χ3n) is 3.92. The Kier molecular flexibility index (Phi) is 8.14. The minimum atomic E-state index is -1.28. The second kappa shape index (κ2) is 8.46. The van der Waals surface area contributed by atoms with E-state index in [-0.39, 0.29) is 0 Å². The van der Waals surface area contributed by atoms with E-state index in [0.717, 1.165) is 25.7 Å². The van der Waals surface area contributed by atoms with Crippen molar-refractivity contribution in [3.8, 4) is 0 Å². The van der Waals surface area contributed by atoms with Gasteiger partial charge in [-0.05, 0) is 12.8 Å². The van der Waals surface area contributed by atoms with Gasteiger partial charge in [-0.3, -0.25) is 9.59 Å². The van der Waals surface area contributed by atoms with Crippen LogP contribution in [0.2, 0.25) is 0 Å². The predicted molar refractivity (Wildman–Crippen MR) is 78.7 cm³/mol. The van der Waals surface area contributed by atoms with Crippen LogP contribution < -0.4 is 0 Å². The van der Waals surface area contributed by atoms with E-state index >= 15 is 0 Å². The fourth-order valence-corrected chi connectivity index (χ4v) is 3.13. The molecule has 4 nitrogen and oxygen atoms in total. The standard InChI is InChI=1S/C14H26O4S/c1-4-6-7-8-9-14(10(3)19,13(17)18)11(5-2)12(15)16/h10-11,19H,4-9H2,1-3H3,(H,15,16)(H,17,18). The smallest absolute Gasteiger partial charge is 0.311 e. The molecule has 0 heterocycles. The van der Waals surface area contributed by atoms with Crippen molar-refractivity contribution in [2.45, 2.75) is 64.5 Å². The molecule has 0 aromatic carbocycles. The van der Waals surface area contributed by atoms with Gasteiger partial charge in [-0.2, -0.15) is 12.6 Å². The Morgan fingerprint density at radius 1 is 1.16 bits per heavy atom. The molecule has 0 saturated heterocycles. The van der Waals surface area contributed by atoms with Gasteiger partial charge in [-0.15, -0.1) is 0 Å². The van der Waals surface area contributed by atoms with Gasteiger partial charge >= 0.3 is 11.9 Å². The van der Waals surface area contributed by atoms with Crippen molar-refractivity contribution in [3.05, 3.63) is 0 Å². The van der Waals surface area contributed by atoms with Crippen molar-refractivity contribution < 1.29 is 19.8 Å². The summed E-state index contributed by atoms with van der Waals surface area (Å²) in [6, 6.07) is 0. The van der Waals surface area contributed by atoms with Gasteiger partial charge in [-0.1, -0.05) is 46.5 Å². The summed E-state index contributed by atoms with van der Waals surface area (Å²) >= 11 is 4.29. The fraction of sp³-hybridized carbons (Fsp3) is 0.857. The van der Waals surface area contributed by atoms with Crippen molar-refractivity contribution in [2.75, 3.05) is 0 Å². The number of carboxylic acid groups (broad SMARTS) is 2. The topological polar surface area (TPSA) is 74.6 Å². The Bertz CT molecular complexity index is 304. The van der Waals surface area contributed by atoms with Crippen LogP contribution in [0.25, 0.3) is 0 Å². The second-order valence-corrected chi connectivity index (χ2v) is 5.91. The van der Waals surface area contributed by atoms with E-state index in [1.165, 1.54) is 0 Å². The van der Waals surface area contributed by atoms with Crippen LogP contribution in [0, 0.1) is 11.3 Å². The van der Waals surface area contributed by atoms with E-state index in [2.05, 4.69) is 19.6 Å². The first-order valence-corrected chi connectivity index (χ1v) is 7.50. The van der Waals surface area contributed by atoms with Crippen molar-refractivity contribution in [1.82, 2.24) is 0 Å². The first kappa shape index (κ1) is 18.3. The molecule has 0 spiro atoms. The van der Waals surface area contributed by atoms with Crippen LogP contribution in [0.15, 0.2) is 0 Å². The third kappa shape index (κ3) is 4.41. The van der Waals surface area contributed by atoms with Crippen LogP contribution in [0.1, 0.15) is 59.3 Å². The Morgan fingerprint density at radius 3 is 2.05 bits per heavy atom. The zero-order valence-electron chi connectivity index (χ0n) is 12.1. The molecule has 112 valence electrons. The van der Waals surface area contributed by atoms with Crippen molar-refractivity contribution in [1.29, 1.82) is 0 Å². The Labute approximate surface area is 121 Å². The molecular weight excluding hydrogens is 264 g/mol. The quantitative estimate of drug-likeness (QED) is 0.425. The van der Waals surface area contributed by atoms with Gasteiger partial charge in [0.2, 0.25) is 0 Å². The summed E-state index contributed by atoms with van der Waals surface area (Å²) < 4.78 is 0. The van der Waals surface area contributed by atoms with Gasteiger partial charge < -0.3 is 10.2 Å². The average Bonchev–Trinajstić information content (AvgIpc) is 2.31. The molecule has 19 heavy (non-hydrogen) atoms. The molecule has 0 bridgehead atoms. The lowest BCUT2D eigenvalue weighted by Gasteiger charge is -2.37. The van der Waals surface area contributed by atoms with Crippen LogP contribution in [0.4, 0.5) is 0 Å². The van der Waals surface area contributed by atoms with Gasteiger partial charge in [0.1, 0.15) is 0 Å². The normalized spacial score (nSPS) is 17.5. The van der Waals surface area contributed by atoms with E-state index in [1.807, 2.05) is 0 Å². The number of rotatable bonds is 10. The first-order chi connectivity index (χ1) is 8.84. The zero-order valence-corrected chi connectivity index (χ0v) is 12.9. The minimum absolute atomic E-state index is 0.306. The molecule has 3 unspecified atom stereocenters. The molecule has 2 N–H and O–H groups in total. The second-order valence-electron chi connectivity index (χ2n) is 5.13. The van der Waals surface area contributed by atoms with E-state index in [0.29, 0.717) is 12.8 Å². The zero-order chi connectivity index (χ0) is 15.1. The summed E-state index contributed by atoms with van der Waals surface area (Å²) in [4.78, 5) is 23.1. The molecule has 0 saturated carbocycles. The summed E-state index contributed by atoms with van der Waals surface area (Å²) in [6.45, 7) is 5.49. The fourth-order valence-electron chi connectivity index (χ4n) is 2.71. The molecule has 0 aliphatic rings. The number of hydrogen-bond donors (Lipinski definition) is 3. The monoisotopic (exact) mass is 290 g/mol. The maximum absolute atomic E-state index is 11.7. The summed E-state index contributed by atoms with van der Waals surface area (Å²) in [5, 5.41) is 18.4. The molecule has 0 rings (SSSR count). The van der Waals surface area contributed by atoms with E-state index in [1.54, 1.807) is 13.8 Å². The largest absolute Gasteiger partial charge is 0.481 e. The van der Waals surface area contributed by atoms with Gasteiger partial charge in [0.05, 0.1) is 11.3 Å². The van der Waals surface area contributed by atoms with E-state index in [4.69, 9.17) is 0 Å². The Morgan fingerprint density at radius 2 is 1.74 bits per heavy atom. The lowest BCUT2D eigenvalue weighted by molar-refractivity contribution is -0.163. The predicted octanol–water partition coefficient (Wildman–Crippen LogP) is 3.46. The van der Waals surface area contributed by atoms with Gasteiger partial charge in [0, 0.05) is 5.25 Å². The molecule has 5 heteroatoms. The number of unbranched alkanes of at least 4 members (excludes halogenated alkanes) is 3. The third-order valence-corrected chi connectivity index (χ3v) is 4.38. The number of hydrogen-bond acceptors (Lipinski definition) is 3. The number of carboxylic acids is 2. The van der Waals surface area contributed by atoms with Gasteiger partial charge in [-0.25, -0.2) is 0 Å². The Balaban J connectivity index is 5.19. The molecule has 0 aromatic rings. The molecule has 0 fully saturated rings. The summed E-state index contributed by atoms with van der Waals surface area (Å²) in [7, 11) is 0. The molecule has 0 aromatic heterocycles. The average molecular weight is 290 g/mol. The van der Waals surface area contributed by atoms with Gasteiger partial charge in [0.25, 0.3) is 0 Å². The lowest BCUT2D eigenvalue weighted by Crippen LogP contribution is -2.48. The number of thiol groups is 1. The van der Waals surface area contributed by atoms with Crippen molar-refractivity contribution in [3.63, 3.8) is 0 Å². The number of aliphatic carboxylic acids is 2. The molecular formula is C14H26O4S. The van der Waals surface area contributed by atoms with Crippen molar-refractivity contribution in [2.24, 2.45) is 11.3 Å². The number of carbonyl (C=O) groups is 2. The minimum Gasteiger partial charge on any atom is -0.481 e. The lowest BCUT2D eigenvalue weighted by atomic mass is 9.68. The van der Waals surface area contributed by atoms with Crippen LogP contribution in [0.3, 0.4) is 0 Å². The van der Waals surface area contributed by atoms with Crippen molar-refractivity contribution >= 4 is 24.6 Å². The van der Waals surface area contributed by atoms with Crippen LogP contribution in [-0.2, 0) is 9.59 Å². The first-order valence-electron chi connectivity index (χ1n) is 6.98.